The normalized spacial score (nSPS) is 15.5. The molecule has 0 aromatic heterocycles. The van der Waals surface area contributed by atoms with Crippen molar-refractivity contribution in [2.75, 3.05) is 26.7 Å². The van der Waals surface area contributed by atoms with Crippen molar-refractivity contribution < 1.29 is 8.42 Å². The molecule has 1 aromatic carbocycles. The SMILES string of the molecule is CN=C(NCCNS(=O)(=O)c1cc(C)ccc1C)NCC1CC1. The smallest absolute Gasteiger partial charge is 0.240 e. The minimum Gasteiger partial charge on any atom is -0.356 e. The van der Waals surface area contributed by atoms with Crippen molar-refractivity contribution >= 4 is 16.0 Å². The highest BCUT2D eigenvalue weighted by Crippen LogP contribution is 2.27. The van der Waals surface area contributed by atoms with Gasteiger partial charge in [0, 0.05) is 26.7 Å². The van der Waals surface area contributed by atoms with Crippen LogP contribution in [0.25, 0.3) is 0 Å². The molecule has 128 valence electrons. The Kier molecular flexibility index (Phi) is 6.01. The zero-order valence-corrected chi connectivity index (χ0v) is 14.8. The third-order valence-electron chi connectivity index (χ3n) is 3.82. The number of sulfonamides is 1. The second-order valence-electron chi connectivity index (χ2n) is 5.99. The molecule has 1 aromatic rings. The minimum atomic E-state index is -3.48. The van der Waals surface area contributed by atoms with Gasteiger partial charge in [-0.1, -0.05) is 12.1 Å². The predicted molar refractivity (Wildman–Crippen MR) is 93.2 cm³/mol. The third-order valence-corrected chi connectivity index (χ3v) is 5.42. The summed E-state index contributed by atoms with van der Waals surface area (Å²) in [5, 5.41) is 6.35. The van der Waals surface area contributed by atoms with Crippen molar-refractivity contribution in [3.8, 4) is 0 Å². The molecule has 1 saturated carbocycles. The van der Waals surface area contributed by atoms with Crippen LogP contribution in [0.1, 0.15) is 24.0 Å². The summed E-state index contributed by atoms with van der Waals surface area (Å²) in [6.07, 6.45) is 2.55. The summed E-state index contributed by atoms with van der Waals surface area (Å²) in [5.41, 5.74) is 1.68. The molecular formula is C16H26N4O2S. The van der Waals surface area contributed by atoms with Gasteiger partial charge in [-0.05, 0) is 49.8 Å². The first-order valence-electron chi connectivity index (χ1n) is 7.94. The second-order valence-corrected chi connectivity index (χ2v) is 7.73. The molecule has 0 unspecified atom stereocenters. The summed E-state index contributed by atoms with van der Waals surface area (Å²) >= 11 is 0. The van der Waals surface area contributed by atoms with Crippen LogP contribution in [0, 0.1) is 19.8 Å². The first-order valence-corrected chi connectivity index (χ1v) is 9.42. The zero-order valence-electron chi connectivity index (χ0n) is 14.0. The molecule has 0 aliphatic heterocycles. The number of aryl methyl sites for hydroxylation is 2. The monoisotopic (exact) mass is 338 g/mol. The highest BCUT2D eigenvalue weighted by atomic mass is 32.2. The minimum absolute atomic E-state index is 0.305. The van der Waals surface area contributed by atoms with E-state index in [-0.39, 0.29) is 0 Å². The van der Waals surface area contributed by atoms with Crippen molar-refractivity contribution in [2.45, 2.75) is 31.6 Å². The second kappa shape index (κ2) is 7.79. The Labute approximate surface area is 138 Å². The summed E-state index contributed by atoms with van der Waals surface area (Å²) in [6.45, 7) is 5.40. The van der Waals surface area contributed by atoms with Crippen LogP contribution < -0.4 is 15.4 Å². The number of benzene rings is 1. The maximum atomic E-state index is 12.4. The summed E-state index contributed by atoms with van der Waals surface area (Å²) in [4.78, 5) is 4.46. The quantitative estimate of drug-likeness (QED) is 0.396. The topological polar surface area (TPSA) is 82.6 Å². The van der Waals surface area contributed by atoms with Crippen LogP contribution in [0.3, 0.4) is 0 Å². The Morgan fingerprint density at radius 3 is 2.61 bits per heavy atom. The van der Waals surface area contributed by atoms with Gasteiger partial charge in [0.1, 0.15) is 0 Å². The fourth-order valence-corrected chi connectivity index (χ4v) is 3.58. The van der Waals surface area contributed by atoms with Crippen LogP contribution in [-0.4, -0.2) is 41.1 Å². The van der Waals surface area contributed by atoms with E-state index >= 15 is 0 Å². The van der Waals surface area contributed by atoms with Gasteiger partial charge in [-0.25, -0.2) is 13.1 Å². The first kappa shape index (κ1) is 17.7. The van der Waals surface area contributed by atoms with Crippen LogP contribution in [0.2, 0.25) is 0 Å². The molecule has 1 fully saturated rings. The van der Waals surface area contributed by atoms with Gasteiger partial charge in [-0.15, -0.1) is 0 Å². The highest BCUT2D eigenvalue weighted by Gasteiger charge is 2.21. The number of rotatable bonds is 7. The van der Waals surface area contributed by atoms with E-state index in [4.69, 9.17) is 0 Å². The molecule has 0 radical (unpaired) electrons. The molecule has 0 heterocycles. The number of aliphatic imine (C=N–C) groups is 1. The standard InChI is InChI=1S/C16H26N4O2S/c1-12-4-5-13(2)15(10-12)23(21,22)20-9-8-18-16(17-3)19-11-14-6-7-14/h4-5,10,14,20H,6-9,11H2,1-3H3,(H2,17,18,19). The molecule has 0 atom stereocenters. The summed E-state index contributed by atoms with van der Waals surface area (Å²) in [5.74, 6) is 1.47. The van der Waals surface area contributed by atoms with E-state index in [2.05, 4.69) is 20.3 Å². The largest absolute Gasteiger partial charge is 0.356 e. The molecule has 1 aliphatic carbocycles. The summed E-state index contributed by atoms with van der Waals surface area (Å²) < 4.78 is 27.3. The molecular weight excluding hydrogens is 312 g/mol. The molecule has 2 rings (SSSR count). The predicted octanol–water partition coefficient (Wildman–Crippen LogP) is 1.16. The van der Waals surface area contributed by atoms with Crippen LogP contribution >= 0.6 is 0 Å². The summed E-state index contributed by atoms with van der Waals surface area (Å²) in [6, 6.07) is 5.43. The Morgan fingerprint density at radius 1 is 1.22 bits per heavy atom. The van der Waals surface area contributed by atoms with Gasteiger partial charge in [0.2, 0.25) is 10.0 Å². The van der Waals surface area contributed by atoms with Crippen LogP contribution in [0.5, 0.6) is 0 Å². The lowest BCUT2D eigenvalue weighted by atomic mass is 10.2. The fourth-order valence-electron chi connectivity index (χ4n) is 2.22. The number of nitrogens with one attached hydrogen (secondary N) is 3. The molecule has 1 aliphatic rings. The van der Waals surface area contributed by atoms with Gasteiger partial charge in [0.05, 0.1) is 4.90 Å². The van der Waals surface area contributed by atoms with E-state index < -0.39 is 10.0 Å². The zero-order chi connectivity index (χ0) is 16.9. The van der Waals surface area contributed by atoms with Gasteiger partial charge >= 0.3 is 0 Å². The van der Waals surface area contributed by atoms with Gasteiger partial charge in [-0.2, -0.15) is 0 Å². The lowest BCUT2D eigenvalue weighted by Crippen LogP contribution is -2.42. The van der Waals surface area contributed by atoms with Gasteiger partial charge in [-0.3, -0.25) is 4.99 Å². The van der Waals surface area contributed by atoms with Crippen molar-refractivity contribution in [1.82, 2.24) is 15.4 Å². The lowest BCUT2D eigenvalue weighted by Gasteiger charge is -2.13. The Morgan fingerprint density at radius 2 is 1.96 bits per heavy atom. The van der Waals surface area contributed by atoms with E-state index in [0.717, 1.165) is 23.6 Å². The molecule has 0 spiro atoms. The van der Waals surface area contributed by atoms with Crippen LogP contribution in [0.4, 0.5) is 0 Å². The van der Waals surface area contributed by atoms with Gasteiger partial charge in [0.15, 0.2) is 5.96 Å². The van der Waals surface area contributed by atoms with Crippen molar-refractivity contribution in [3.05, 3.63) is 29.3 Å². The number of guanidine groups is 1. The number of hydrogen-bond donors (Lipinski definition) is 3. The van der Waals surface area contributed by atoms with Crippen LogP contribution in [0.15, 0.2) is 28.1 Å². The number of nitrogens with zero attached hydrogens (tertiary/aromatic N) is 1. The van der Waals surface area contributed by atoms with E-state index in [0.29, 0.717) is 23.9 Å². The molecule has 3 N–H and O–H groups in total. The molecule has 7 heteroatoms. The van der Waals surface area contributed by atoms with Crippen molar-refractivity contribution in [1.29, 1.82) is 0 Å². The van der Waals surface area contributed by atoms with E-state index in [1.165, 1.54) is 12.8 Å². The number of hydrogen-bond acceptors (Lipinski definition) is 3. The summed E-state index contributed by atoms with van der Waals surface area (Å²) in [7, 11) is -1.77. The van der Waals surface area contributed by atoms with E-state index in [1.807, 2.05) is 19.1 Å². The lowest BCUT2D eigenvalue weighted by molar-refractivity contribution is 0.579. The third kappa shape index (κ3) is 5.51. The highest BCUT2D eigenvalue weighted by molar-refractivity contribution is 7.89. The molecule has 6 nitrogen and oxygen atoms in total. The Bertz CT molecular complexity index is 667. The average molecular weight is 338 g/mol. The van der Waals surface area contributed by atoms with Gasteiger partial charge in [0.25, 0.3) is 0 Å². The molecule has 0 amide bonds. The first-order chi connectivity index (χ1) is 10.9. The maximum absolute atomic E-state index is 12.4. The fraction of sp³-hybridized carbons (Fsp3) is 0.562. The van der Waals surface area contributed by atoms with Crippen LogP contribution in [-0.2, 0) is 10.0 Å². The van der Waals surface area contributed by atoms with Crippen molar-refractivity contribution in [3.63, 3.8) is 0 Å². The van der Waals surface area contributed by atoms with Crippen molar-refractivity contribution in [2.24, 2.45) is 10.9 Å². The van der Waals surface area contributed by atoms with E-state index in [9.17, 15) is 8.42 Å². The molecule has 0 bridgehead atoms. The molecule has 23 heavy (non-hydrogen) atoms. The van der Waals surface area contributed by atoms with E-state index in [1.54, 1.807) is 20.0 Å². The average Bonchev–Trinajstić information content (AvgIpc) is 3.33. The Hall–Kier alpha value is -1.60. The molecule has 0 saturated heterocycles. The Balaban J connectivity index is 1.81. The van der Waals surface area contributed by atoms with Gasteiger partial charge < -0.3 is 10.6 Å². The maximum Gasteiger partial charge on any atom is 0.240 e.